The van der Waals surface area contributed by atoms with Crippen molar-refractivity contribution in [3.05, 3.63) is 105 Å². The molecule has 0 saturated carbocycles. The fraction of sp³-hybridized carbons (Fsp3) is 0.0870. The lowest BCUT2D eigenvalue weighted by molar-refractivity contribution is -0.671. The van der Waals surface area contributed by atoms with Crippen molar-refractivity contribution in [3.63, 3.8) is 0 Å². The van der Waals surface area contributed by atoms with Crippen molar-refractivity contribution < 1.29 is 9.20 Å². The lowest BCUT2D eigenvalue weighted by atomic mass is 10.0. The number of nitrogens with zero attached hydrogens (tertiary/aromatic N) is 3. The number of aromatic amines is 1. The first-order valence-corrected chi connectivity index (χ1v) is 10.5. The minimum absolute atomic E-state index is 0.137. The minimum atomic E-state index is -0.488. The van der Waals surface area contributed by atoms with Crippen molar-refractivity contribution in [2.24, 2.45) is 4.99 Å². The first kappa shape index (κ1) is 18.4. The van der Waals surface area contributed by atoms with Gasteiger partial charge in [-0.2, -0.15) is 0 Å². The van der Waals surface area contributed by atoms with Crippen molar-refractivity contribution in [2.45, 2.75) is 12.1 Å². The highest BCUT2D eigenvalue weighted by Gasteiger charge is 2.59. The summed E-state index contributed by atoms with van der Waals surface area (Å²) < 4.78 is 6.80. The highest BCUT2D eigenvalue weighted by Crippen LogP contribution is 2.56. The Labute approximate surface area is 186 Å². The predicted octanol–water partition coefficient (Wildman–Crippen LogP) is 4.62. The van der Waals surface area contributed by atoms with Crippen molar-refractivity contribution >= 4 is 40.3 Å². The average molecular weight is 450 g/mol. The monoisotopic (exact) mass is 449 g/mol. The number of aromatic nitrogens is 2. The number of hydrogen-bond acceptors (Lipinski definition) is 4. The number of rotatable bonds is 3. The third kappa shape index (κ3) is 2.76. The van der Waals surface area contributed by atoms with Crippen LogP contribution in [0.1, 0.15) is 17.3 Å². The van der Waals surface area contributed by atoms with Gasteiger partial charge in [0.2, 0.25) is 5.69 Å². The molecule has 152 valence electrons. The van der Waals surface area contributed by atoms with E-state index in [-0.39, 0.29) is 12.1 Å². The van der Waals surface area contributed by atoms with Crippen LogP contribution in [0.15, 0.2) is 87.1 Å². The molecule has 2 atom stereocenters. The van der Waals surface area contributed by atoms with E-state index in [0.717, 1.165) is 22.6 Å². The molecular formula is C23H15Cl2N4O2+. The van der Waals surface area contributed by atoms with Crippen LogP contribution >= 0.6 is 23.2 Å². The standard InChI is InChI=1S/C23H14Cl2N4O2/c24-14-9-6-10-15(25)18(14)20-21-19(26-16-11-4-5-12-17(16)28(20)21)22-23(30)31-27-29(22)13-7-2-1-3-8-13/h1-12,20-21H/p+1. The molecule has 1 aromatic heterocycles. The summed E-state index contributed by atoms with van der Waals surface area (Å²) in [5.74, 6) is 0. The van der Waals surface area contributed by atoms with E-state index in [1.165, 1.54) is 0 Å². The maximum absolute atomic E-state index is 12.8. The van der Waals surface area contributed by atoms with Crippen LogP contribution in [0, 0.1) is 0 Å². The molecule has 31 heavy (non-hydrogen) atoms. The fourth-order valence-corrected chi connectivity index (χ4v) is 4.94. The van der Waals surface area contributed by atoms with Crippen LogP contribution in [-0.4, -0.2) is 17.0 Å². The summed E-state index contributed by atoms with van der Waals surface area (Å²) in [7, 11) is 0. The minimum Gasteiger partial charge on any atom is -0.349 e. The molecule has 1 fully saturated rings. The lowest BCUT2D eigenvalue weighted by Gasteiger charge is -2.14. The highest BCUT2D eigenvalue weighted by molar-refractivity contribution is 6.36. The molecule has 2 aliphatic heterocycles. The first-order chi connectivity index (χ1) is 15.1. The summed E-state index contributed by atoms with van der Waals surface area (Å²) in [5, 5.41) is 3.87. The molecule has 0 amide bonds. The number of fused-ring (bicyclic) bond motifs is 3. The Morgan fingerprint density at radius 3 is 2.39 bits per heavy atom. The molecular weight excluding hydrogens is 435 g/mol. The molecule has 6 rings (SSSR count). The third-order valence-electron chi connectivity index (χ3n) is 5.69. The van der Waals surface area contributed by atoms with E-state index in [4.69, 9.17) is 32.7 Å². The third-order valence-corrected chi connectivity index (χ3v) is 6.35. The molecule has 6 nitrogen and oxygen atoms in total. The van der Waals surface area contributed by atoms with Gasteiger partial charge in [-0.25, -0.2) is 9.79 Å². The van der Waals surface area contributed by atoms with E-state index < -0.39 is 5.63 Å². The van der Waals surface area contributed by atoms with Gasteiger partial charge >= 0.3 is 11.3 Å². The van der Waals surface area contributed by atoms with E-state index >= 15 is 0 Å². The van der Waals surface area contributed by atoms with Crippen molar-refractivity contribution in [1.29, 1.82) is 0 Å². The van der Waals surface area contributed by atoms with E-state index in [1.807, 2.05) is 72.8 Å². The summed E-state index contributed by atoms with van der Waals surface area (Å²) in [4.78, 5) is 19.9. The Hall–Kier alpha value is -3.35. The number of halogens is 2. The Kier molecular flexibility index (Phi) is 4.06. The average Bonchev–Trinajstić information content (AvgIpc) is 3.40. The van der Waals surface area contributed by atoms with Crippen molar-refractivity contribution in [2.75, 3.05) is 4.90 Å². The molecule has 4 aromatic rings. The van der Waals surface area contributed by atoms with E-state index in [0.29, 0.717) is 21.5 Å². The van der Waals surface area contributed by atoms with Gasteiger partial charge in [-0.1, -0.05) is 59.6 Å². The number of para-hydroxylation sites is 3. The Morgan fingerprint density at radius 2 is 1.61 bits per heavy atom. The normalized spacial score (nSPS) is 18.9. The van der Waals surface area contributed by atoms with Crippen LogP contribution in [-0.2, 0) is 0 Å². The zero-order valence-electron chi connectivity index (χ0n) is 16.0. The van der Waals surface area contributed by atoms with Gasteiger partial charge in [0, 0.05) is 27.7 Å². The second-order valence-corrected chi connectivity index (χ2v) is 8.23. The summed E-state index contributed by atoms with van der Waals surface area (Å²) in [6.07, 6.45) is 0. The van der Waals surface area contributed by atoms with Crippen LogP contribution in [0.4, 0.5) is 11.4 Å². The second-order valence-electron chi connectivity index (χ2n) is 7.42. The topological polar surface area (TPSA) is 65.2 Å². The summed E-state index contributed by atoms with van der Waals surface area (Å²) in [5.41, 5.74) is 3.82. The van der Waals surface area contributed by atoms with E-state index in [2.05, 4.69) is 10.2 Å². The molecule has 0 aliphatic carbocycles. The largest absolute Gasteiger partial charge is 0.437 e. The quantitative estimate of drug-likeness (QED) is 0.366. The summed E-state index contributed by atoms with van der Waals surface area (Å²) in [6, 6.07) is 22.4. The maximum atomic E-state index is 12.8. The lowest BCUT2D eigenvalue weighted by Crippen LogP contribution is -2.43. The number of benzene rings is 3. The highest BCUT2D eigenvalue weighted by atomic mass is 35.5. The number of nitrogens with one attached hydrogen (secondary N) is 1. The van der Waals surface area contributed by atoms with Gasteiger partial charge in [0.15, 0.2) is 0 Å². The number of aliphatic imine (C=N–C) groups is 1. The summed E-state index contributed by atoms with van der Waals surface area (Å²) in [6.45, 7) is 0. The fourth-order valence-electron chi connectivity index (χ4n) is 4.32. The van der Waals surface area contributed by atoms with Crippen molar-refractivity contribution in [1.82, 2.24) is 5.27 Å². The Balaban J connectivity index is 1.57. The molecule has 0 bridgehead atoms. The van der Waals surface area contributed by atoms with Crippen LogP contribution in [0.5, 0.6) is 0 Å². The van der Waals surface area contributed by atoms with Crippen LogP contribution in [0.2, 0.25) is 10.0 Å². The number of anilines is 1. The Bertz CT molecular complexity index is 1390. The second kappa shape index (κ2) is 6.83. The van der Waals surface area contributed by atoms with Gasteiger partial charge in [-0.3, -0.25) is 4.52 Å². The smallest absolute Gasteiger partial charge is 0.349 e. The predicted molar refractivity (Wildman–Crippen MR) is 119 cm³/mol. The zero-order chi connectivity index (χ0) is 21.1. The van der Waals surface area contributed by atoms with Gasteiger partial charge in [-0.15, -0.1) is 0 Å². The van der Waals surface area contributed by atoms with Gasteiger partial charge in [0.05, 0.1) is 17.4 Å². The van der Waals surface area contributed by atoms with Gasteiger partial charge in [-0.05, 0) is 34.2 Å². The molecule has 2 unspecified atom stereocenters. The molecule has 1 saturated heterocycles. The van der Waals surface area contributed by atoms with Gasteiger partial charge in [0.25, 0.3) is 0 Å². The summed E-state index contributed by atoms with van der Waals surface area (Å²) >= 11 is 13.1. The van der Waals surface area contributed by atoms with Crippen molar-refractivity contribution in [3.8, 4) is 5.69 Å². The molecule has 2 aliphatic rings. The first-order valence-electron chi connectivity index (χ1n) is 9.74. The molecule has 1 N–H and O–H groups in total. The number of hydrogen-bond donors (Lipinski definition) is 1. The van der Waals surface area contributed by atoms with Crippen LogP contribution in [0.3, 0.4) is 0 Å². The maximum Gasteiger partial charge on any atom is 0.437 e. The van der Waals surface area contributed by atoms with E-state index in [9.17, 15) is 4.79 Å². The van der Waals surface area contributed by atoms with E-state index in [1.54, 1.807) is 4.68 Å². The Morgan fingerprint density at radius 1 is 0.903 bits per heavy atom. The molecule has 3 aromatic carbocycles. The molecule has 0 spiro atoms. The molecule has 8 heteroatoms. The van der Waals surface area contributed by atoms with Crippen LogP contribution < -0.4 is 15.2 Å². The molecule has 3 heterocycles. The van der Waals surface area contributed by atoms with Gasteiger partial charge in [0.1, 0.15) is 11.8 Å². The number of H-pyrrole nitrogens is 1. The van der Waals surface area contributed by atoms with Gasteiger partial charge < -0.3 is 4.90 Å². The molecule has 0 radical (unpaired) electrons. The van der Waals surface area contributed by atoms with Crippen LogP contribution in [0.25, 0.3) is 5.69 Å². The SMILES string of the molecule is O=c1o[nH][n+](-c2ccccc2)c1C1=Nc2ccccc2N2C1C2c1c(Cl)cccc1Cl. The zero-order valence-corrected chi connectivity index (χ0v) is 17.5.